The largest absolute Gasteiger partial charge is 1.00 e. The van der Waals surface area contributed by atoms with Gasteiger partial charge in [-0.1, -0.05) is 19.9 Å². The van der Waals surface area contributed by atoms with Crippen LogP contribution in [-0.2, 0) is 0 Å². The smallest absolute Gasteiger partial charge is 0.875 e. The van der Waals surface area contributed by atoms with Gasteiger partial charge in [0.15, 0.2) is 0 Å². The Hall–Kier alpha value is 0.137. The average Bonchev–Trinajstić information content (AvgIpc) is 1.65. The Bertz CT molecular complexity index is 76.6. The van der Waals surface area contributed by atoms with Crippen LogP contribution in [0.15, 0.2) is 11.8 Å². The van der Waals surface area contributed by atoms with Crippen molar-refractivity contribution in [2.24, 2.45) is 5.92 Å². The van der Waals surface area contributed by atoms with E-state index >= 15 is 0 Å². The minimum atomic E-state index is 0. The minimum Gasteiger partial charge on any atom is -0.875 e. The molecule has 2 heteroatoms. The summed E-state index contributed by atoms with van der Waals surface area (Å²) in [5, 5.41) is 10.5. The first-order valence-corrected chi connectivity index (χ1v) is 2.51. The molecule has 0 aliphatic rings. The first-order valence-electron chi connectivity index (χ1n) is 2.51. The van der Waals surface area contributed by atoms with Crippen molar-refractivity contribution in [1.29, 1.82) is 0 Å². The molecule has 0 rings (SSSR count). The first-order chi connectivity index (χ1) is 3.18. The fourth-order valence-electron chi connectivity index (χ4n) is 0.333. The Morgan fingerprint density at radius 3 is 1.88 bits per heavy atom. The first kappa shape index (κ1) is 11.0. The zero-order valence-electron chi connectivity index (χ0n) is 6.06. The molecule has 0 aliphatic heterocycles. The Kier molecular flexibility index (Phi) is 7.26. The Labute approximate surface area is 63.0 Å². The van der Waals surface area contributed by atoms with Gasteiger partial charge in [-0.05, 0) is 12.8 Å². The normalized spacial score (nSPS) is 11.2. The summed E-state index contributed by atoms with van der Waals surface area (Å²) in [7, 11) is 0. The van der Waals surface area contributed by atoms with Crippen molar-refractivity contribution in [3.05, 3.63) is 11.8 Å². The summed E-state index contributed by atoms with van der Waals surface area (Å²) in [6.07, 6.45) is 1.60. The molecule has 0 aromatic carbocycles. The Balaban J connectivity index is 0. The van der Waals surface area contributed by atoms with Crippen LogP contribution >= 0.6 is 0 Å². The van der Waals surface area contributed by atoms with Gasteiger partial charge in [0.2, 0.25) is 0 Å². The van der Waals surface area contributed by atoms with Crippen LogP contribution in [-0.4, -0.2) is 0 Å². The van der Waals surface area contributed by atoms with Gasteiger partial charge < -0.3 is 5.11 Å². The van der Waals surface area contributed by atoms with Crippen LogP contribution in [0.5, 0.6) is 0 Å². The Morgan fingerprint density at radius 2 is 1.88 bits per heavy atom. The summed E-state index contributed by atoms with van der Waals surface area (Å²) in [5.74, 6) is 0.394. The van der Waals surface area contributed by atoms with Crippen molar-refractivity contribution in [2.45, 2.75) is 20.8 Å². The van der Waals surface area contributed by atoms with Gasteiger partial charge in [0.25, 0.3) is 0 Å². The van der Waals surface area contributed by atoms with Crippen LogP contribution in [0.2, 0.25) is 0 Å². The van der Waals surface area contributed by atoms with Gasteiger partial charge in [-0.25, -0.2) is 0 Å². The monoisotopic (exact) mass is 106 g/mol. The molecular formula is C6H11LiO. The molecule has 0 unspecified atom stereocenters. The van der Waals surface area contributed by atoms with Crippen molar-refractivity contribution in [3.8, 4) is 0 Å². The minimum absolute atomic E-state index is 0. The molecule has 0 fully saturated rings. The molecule has 0 saturated heterocycles. The molecule has 0 saturated carbocycles. The van der Waals surface area contributed by atoms with Crippen molar-refractivity contribution in [1.82, 2.24) is 0 Å². The van der Waals surface area contributed by atoms with Gasteiger partial charge in [0, 0.05) is 0 Å². The summed E-state index contributed by atoms with van der Waals surface area (Å²) in [6.45, 7) is 5.55. The molecule has 0 aromatic heterocycles. The molecule has 0 bridgehead atoms. The van der Waals surface area contributed by atoms with E-state index in [9.17, 15) is 5.11 Å². The summed E-state index contributed by atoms with van der Waals surface area (Å²) in [4.78, 5) is 0. The zero-order valence-corrected chi connectivity index (χ0v) is 6.06. The van der Waals surface area contributed by atoms with E-state index < -0.39 is 0 Å². The van der Waals surface area contributed by atoms with Crippen molar-refractivity contribution in [3.63, 3.8) is 0 Å². The summed E-state index contributed by atoms with van der Waals surface area (Å²) in [5.41, 5.74) is 0. The van der Waals surface area contributed by atoms with Crippen molar-refractivity contribution >= 4 is 0 Å². The van der Waals surface area contributed by atoms with Crippen LogP contribution in [0.25, 0.3) is 0 Å². The molecule has 0 atom stereocenters. The molecule has 0 aromatic rings. The second-order valence-electron chi connectivity index (χ2n) is 1.85. The van der Waals surface area contributed by atoms with E-state index in [1.807, 2.05) is 13.8 Å². The van der Waals surface area contributed by atoms with Crippen LogP contribution in [0.1, 0.15) is 20.8 Å². The van der Waals surface area contributed by atoms with Gasteiger partial charge >= 0.3 is 18.9 Å². The molecule has 0 radical (unpaired) electrons. The molecule has 0 amide bonds. The second kappa shape index (κ2) is 5.28. The predicted molar refractivity (Wildman–Crippen MR) is 28.6 cm³/mol. The molecular weight excluding hydrogens is 95.0 g/mol. The van der Waals surface area contributed by atoms with E-state index in [0.29, 0.717) is 0 Å². The van der Waals surface area contributed by atoms with Crippen LogP contribution in [0.3, 0.4) is 0 Å². The topological polar surface area (TPSA) is 23.1 Å². The van der Waals surface area contributed by atoms with E-state index in [2.05, 4.69) is 0 Å². The quantitative estimate of drug-likeness (QED) is 0.277. The van der Waals surface area contributed by atoms with Gasteiger partial charge in [-0.3, -0.25) is 0 Å². The van der Waals surface area contributed by atoms with Gasteiger partial charge in [0.1, 0.15) is 0 Å². The van der Waals surface area contributed by atoms with Crippen LogP contribution in [0.4, 0.5) is 0 Å². The third kappa shape index (κ3) is 4.30. The Morgan fingerprint density at radius 1 is 1.50 bits per heavy atom. The molecule has 8 heavy (non-hydrogen) atoms. The van der Waals surface area contributed by atoms with E-state index in [1.165, 1.54) is 0 Å². The number of allylic oxidation sites excluding steroid dienone is 2. The third-order valence-electron chi connectivity index (χ3n) is 0.854. The molecule has 0 aliphatic carbocycles. The SMILES string of the molecule is C/C=C(\[O-])C(C)C.[Li+]. The van der Waals surface area contributed by atoms with Crippen LogP contribution in [0, 0.1) is 5.92 Å². The summed E-state index contributed by atoms with van der Waals surface area (Å²) < 4.78 is 0. The number of hydrogen-bond donors (Lipinski definition) is 0. The van der Waals surface area contributed by atoms with Gasteiger partial charge in [-0.15, -0.1) is 5.76 Å². The summed E-state index contributed by atoms with van der Waals surface area (Å²) >= 11 is 0. The number of hydrogen-bond acceptors (Lipinski definition) is 1. The molecule has 42 valence electrons. The second-order valence-corrected chi connectivity index (χ2v) is 1.85. The maximum atomic E-state index is 10.5. The standard InChI is InChI=1S/C6H12O.Li/c1-4-6(7)5(2)3;/h4-5,7H,1-3H3;/q;+1/p-1/b6-4-;. The third-order valence-corrected chi connectivity index (χ3v) is 0.854. The van der Waals surface area contributed by atoms with E-state index in [4.69, 9.17) is 0 Å². The number of rotatable bonds is 1. The zero-order chi connectivity index (χ0) is 5.86. The van der Waals surface area contributed by atoms with Crippen LogP contribution < -0.4 is 24.0 Å². The summed E-state index contributed by atoms with van der Waals surface area (Å²) in [6, 6.07) is 0. The fourth-order valence-corrected chi connectivity index (χ4v) is 0.333. The van der Waals surface area contributed by atoms with Gasteiger partial charge in [0.05, 0.1) is 0 Å². The molecule has 0 N–H and O–H groups in total. The van der Waals surface area contributed by atoms with E-state index in [1.54, 1.807) is 13.0 Å². The van der Waals surface area contributed by atoms with Gasteiger partial charge in [-0.2, -0.15) is 0 Å². The van der Waals surface area contributed by atoms with E-state index in [-0.39, 0.29) is 30.5 Å². The average molecular weight is 106 g/mol. The maximum Gasteiger partial charge on any atom is 1.00 e. The predicted octanol–water partition coefficient (Wildman–Crippen LogP) is -2.09. The molecule has 1 nitrogen and oxygen atoms in total. The van der Waals surface area contributed by atoms with Crippen molar-refractivity contribution < 1.29 is 24.0 Å². The van der Waals surface area contributed by atoms with Crippen molar-refractivity contribution in [2.75, 3.05) is 0 Å². The van der Waals surface area contributed by atoms with E-state index in [0.717, 1.165) is 0 Å². The molecule has 0 spiro atoms. The maximum absolute atomic E-state index is 10.5. The fraction of sp³-hybridized carbons (Fsp3) is 0.667. The molecule has 0 heterocycles.